The van der Waals surface area contributed by atoms with E-state index in [-0.39, 0.29) is 5.78 Å². The number of hydrogen-bond donors (Lipinski definition) is 0. The van der Waals surface area contributed by atoms with E-state index in [4.69, 9.17) is 0 Å². The highest BCUT2D eigenvalue weighted by atomic mass is 79.9. The van der Waals surface area contributed by atoms with E-state index in [2.05, 4.69) is 52.8 Å². The van der Waals surface area contributed by atoms with Gasteiger partial charge in [0.25, 0.3) is 0 Å². The van der Waals surface area contributed by atoms with E-state index in [9.17, 15) is 4.79 Å². The molecule has 0 aliphatic heterocycles. The fraction of sp³-hybridized carbons (Fsp3) is 0.0769. The van der Waals surface area contributed by atoms with E-state index in [1.54, 1.807) is 12.4 Å². The molecule has 18 heavy (non-hydrogen) atoms. The number of Topliss-reactive ketones (excluding diaryl/α,β-unsaturated/α-hetero) is 1. The molecule has 2 nitrogen and oxygen atoms in total. The molecule has 2 aromatic rings. The molecule has 0 saturated heterocycles. The number of ketones is 1. The number of carbonyl (C=O) groups is 1. The Kier molecular flexibility index (Phi) is 4.70. The summed E-state index contributed by atoms with van der Waals surface area (Å²) in [5.41, 5.74) is 1.57. The van der Waals surface area contributed by atoms with Gasteiger partial charge in [0, 0.05) is 37.8 Å². The predicted octanol–water partition coefficient (Wildman–Crippen LogP) is 4.79. The van der Waals surface area contributed by atoms with Gasteiger partial charge in [0.15, 0.2) is 5.78 Å². The number of benzene rings is 1. The summed E-state index contributed by atoms with van der Waals surface area (Å²) in [5.74, 6) is 0.0641. The number of pyridine rings is 1. The highest BCUT2D eigenvalue weighted by Crippen LogP contribution is 2.23. The molecular weight excluding hydrogens is 426 g/mol. The van der Waals surface area contributed by atoms with Crippen LogP contribution in [0.4, 0.5) is 0 Å². The lowest BCUT2D eigenvalue weighted by Gasteiger charge is -2.04. The number of halogens is 3. The fourth-order valence-electron chi connectivity index (χ4n) is 1.55. The SMILES string of the molecule is O=C(Cc1cncc(Br)c1)c1ccc(Br)cc1Br. The molecule has 0 bridgehead atoms. The number of hydrogen-bond acceptors (Lipinski definition) is 2. The summed E-state index contributed by atoms with van der Waals surface area (Å²) in [6.45, 7) is 0. The van der Waals surface area contributed by atoms with Gasteiger partial charge >= 0.3 is 0 Å². The third-order valence-electron chi connectivity index (χ3n) is 2.36. The third kappa shape index (κ3) is 3.49. The first kappa shape index (κ1) is 13.9. The van der Waals surface area contributed by atoms with Gasteiger partial charge in [0.2, 0.25) is 0 Å². The van der Waals surface area contributed by atoms with Crippen LogP contribution >= 0.6 is 47.8 Å². The van der Waals surface area contributed by atoms with E-state index < -0.39 is 0 Å². The van der Waals surface area contributed by atoms with Gasteiger partial charge in [-0.2, -0.15) is 0 Å². The molecule has 1 heterocycles. The molecule has 2 rings (SSSR count). The van der Waals surface area contributed by atoms with Crippen molar-refractivity contribution in [2.24, 2.45) is 0 Å². The molecule has 0 radical (unpaired) electrons. The second-order valence-corrected chi connectivity index (χ2v) is 6.42. The molecule has 0 fully saturated rings. The van der Waals surface area contributed by atoms with Gasteiger partial charge < -0.3 is 0 Å². The van der Waals surface area contributed by atoms with Crippen LogP contribution in [0.15, 0.2) is 50.1 Å². The van der Waals surface area contributed by atoms with Crippen molar-refractivity contribution in [1.29, 1.82) is 0 Å². The molecule has 1 aromatic carbocycles. The quantitative estimate of drug-likeness (QED) is 0.651. The Bertz CT molecular complexity index is 599. The molecule has 0 spiro atoms. The molecule has 0 unspecified atom stereocenters. The van der Waals surface area contributed by atoms with Crippen molar-refractivity contribution < 1.29 is 4.79 Å². The molecular formula is C13H8Br3NO. The maximum absolute atomic E-state index is 12.2. The zero-order valence-corrected chi connectivity index (χ0v) is 13.9. The van der Waals surface area contributed by atoms with Crippen LogP contribution in [0.5, 0.6) is 0 Å². The minimum atomic E-state index is 0.0641. The van der Waals surface area contributed by atoms with Crippen LogP contribution in [0.25, 0.3) is 0 Å². The summed E-state index contributed by atoms with van der Waals surface area (Å²) in [5, 5.41) is 0. The zero-order chi connectivity index (χ0) is 13.1. The first-order valence-electron chi connectivity index (χ1n) is 5.14. The van der Waals surface area contributed by atoms with E-state index in [0.717, 1.165) is 19.0 Å². The third-order valence-corrected chi connectivity index (χ3v) is 3.94. The van der Waals surface area contributed by atoms with E-state index in [1.165, 1.54) is 0 Å². The molecule has 5 heteroatoms. The van der Waals surface area contributed by atoms with Gasteiger partial charge in [-0.25, -0.2) is 0 Å². The second kappa shape index (κ2) is 6.08. The lowest BCUT2D eigenvalue weighted by atomic mass is 10.0. The van der Waals surface area contributed by atoms with E-state index >= 15 is 0 Å². The van der Waals surface area contributed by atoms with Crippen molar-refractivity contribution in [1.82, 2.24) is 4.98 Å². The summed E-state index contributed by atoms with van der Waals surface area (Å²) < 4.78 is 2.61. The number of carbonyl (C=O) groups excluding carboxylic acids is 1. The Hall–Kier alpha value is -0.520. The molecule has 0 N–H and O–H groups in total. The van der Waals surface area contributed by atoms with Crippen LogP contribution < -0.4 is 0 Å². The smallest absolute Gasteiger partial charge is 0.168 e. The van der Waals surface area contributed by atoms with Crippen molar-refractivity contribution in [3.63, 3.8) is 0 Å². The maximum Gasteiger partial charge on any atom is 0.168 e. The summed E-state index contributed by atoms with van der Waals surface area (Å²) in [4.78, 5) is 16.2. The Morgan fingerprint density at radius 2 is 1.83 bits per heavy atom. The van der Waals surface area contributed by atoms with Crippen molar-refractivity contribution in [2.45, 2.75) is 6.42 Å². The lowest BCUT2D eigenvalue weighted by Crippen LogP contribution is -2.04. The standard InChI is InChI=1S/C13H8Br3NO/c14-9-1-2-11(12(16)5-9)13(18)4-8-3-10(15)7-17-6-8/h1-3,5-7H,4H2. The molecule has 0 amide bonds. The number of nitrogens with zero attached hydrogens (tertiary/aromatic N) is 1. The average Bonchev–Trinajstić information content (AvgIpc) is 2.28. The van der Waals surface area contributed by atoms with Crippen molar-refractivity contribution >= 4 is 53.6 Å². The van der Waals surface area contributed by atoms with Crippen molar-refractivity contribution in [3.05, 3.63) is 61.2 Å². The molecule has 1 aromatic heterocycles. The Balaban J connectivity index is 2.22. The van der Waals surface area contributed by atoms with Gasteiger partial charge in [-0.15, -0.1) is 0 Å². The average molecular weight is 434 g/mol. The number of aromatic nitrogens is 1. The molecule has 0 aliphatic carbocycles. The van der Waals surface area contributed by atoms with Crippen molar-refractivity contribution in [3.8, 4) is 0 Å². The van der Waals surface area contributed by atoms with Crippen LogP contribution in [0.2, 0.25) is 0 Å². The van der Waals surface area contributed by atoms with Crippen LogP contribution in [0, 0.1) is 0 Å². The topological polar surface area (TPSA) is 30.0 Å². The summed E-state index contributed by atoms with van der Waals surface area (Å²) in [7, 11) is 0. The zero-order valence-electron chi connectivity index (χ0n) is 9.16. The molecule has 0 aliphatic rings. The maximum atomic E-state index is 12.2. The lowest BCUT2D eigenvalue weighted by molar-refractivity contribution is 0.0992. The highest BCUT2D eigenvalue weighted by molar-refractivity contribution is 9.11. The Labute approximate surface area is 130 Å². The fourth-order valence-corrected chi connectivity index (χ4v) is 3.23. The van der Waals surface area contributed by atoms with Gasteiger partial charge in [0.1, 0.15) is 0 Å². The summed E-state index contributed by atoms with van der Waals surface area (Å²) in [6, 6.07) is 7.43. The van der Waals surface area contributed by atoms with Gasteiger partial charge in [-0.1, -0.05) is 31.9 Å². The summed E-state index contributed by atoms with van der Waals surface area (Å²) >= 11 is 10.1. The van der Waals surface area contributed by atoms with Gasteiger partial charge in [-0.3, -0.25) is 9.78 Å². The van der Waals surface area contributed by atoms with Crippen LogP contribution in [0.3, 0.4) is 0 Å². The predicted molar refractivity (Wildman–Crippen MR) is 81.8 cm³/mol. The first-order chi connectivity index (χ1) is 8.56. The van der Waals surface area contributed by atoms with Crippen molar-refractivity contribution in [2.75, 3.05) is 0 Å². The monoisotopic (exact) mass is 431 g/mol. The summed E-state index contributed by atoms with van der Waals surface area (Å²) in [6.07, 6.45) is 3.74. The minimum absolute atomic E-state index is 0.0641. The molecule has 92 valence electrons. The van der Waals surface area contributed by atoms with Crippen LogP contribution in [-0.4, -0.2) is 10.8 Å². The molecule has 0 saturated carbocycles. The Morgan fingerprint density at radius 1 is 1.06 bits per heavy atom. The normalized spacial score (nSPS) is 10.4. The van der Waals surface area contributed by atoms with Gasteiger partial charge in [-0.05, 0) is 45.8 Å². The van der Waals surface area contributed by atoms with Gasteiger partial charge in [0.05, 0.1) is 0 Å². The Morgan fingerprint density at radius 3 is 2.50 bits per heavy atom. The largest absolute Gasteiger partial charge is 0.294 e. The number of rotatable bonds is 3. The minimum Gasteiger partial charge on any atom is -0.294 e. The van der Waals surface area contributed by atoms with E-state index in [0.29, 0.717) is 12.0 Å². The van der Waals surface area contributed by atoms with Crippen LogP contribution in [0.1, 0.15) is 15.9 Å². The van der Waals surface area contributed by atoms with Crippen LogP contribution in [-0.2, 0) is 6.42 Å². The second-order valence-electron chi connectivity index (χ2n) is 3.74. The van der Waals surface area contributed by atoms with E-state index in [1.807, 2.05) is 24.3 Å². The molecule has 0 atom stereocenters. The highest BCUT2D eigenvalue weighted by Gasteiger charge is 2.11. The first-order valence-corrected chi connectivity index (χ1v) is 7.52.